The fourth-order valence-electron chi connectivity index (χ4n) is 2.68. The van der Waals surface area contributed by atoms with Crippen molar-refractivity contribution in [3.63, 3.8) is 0 Å². The minimum Gasteiger partial charge on any atom is -0.328 e. The summed E-state index contributed by atoms with van der Waals surface area (Å²) >= 11 is 0. The maximum absolute atomic E-state index is 5.92. The van der Waals surface area contributed by atoms with E-state index in [1.54, 1.807) is 0 Å². The van der Waals surface area contributed by atoms with Crippen LogP contribution in [-0.2, 0) is 0 Å². The molecule has 0 bridgehead atoms. The summed E-state index contributed by atoms with van der Waals surface area (Å²) in [4.78, 5) is 0. The summed E-state index contributed by atoms with van der Waals surface area (Å²) in [7, 11) is 0. The zero-order chi connectivity index (χ0) is 15.6. The van der Waals surface area contributed by atoms with E-state index in [1.807, 2.05) is 0 Å². The Morgan fingerprint density at radius 3 is 1.67 bits per heavy atom. The number of rotatable bonds is 16. The lowest BCUT2D eigenvalue weighted by molar-refractivity contribution is 0.528. The van der Waals surface area contributed by atoms with Crippen LogP contribution in [0.3, 0.4) is 0 Å². The Labute approximate surface area is 134 Å². The highest BCUT2D eigenvalue weighted by molar-refractivity contribution is 4.81. The molecule has 1 unspecified atom stereocenters. The van der Waals surface area contributed by atoms with Gasteiger partial charge in [-0.3, -0.25) is 0 Å². The van der Waals surface area contributed by atoms with E-state index >= 15 is 0 Å². The second-order valence-electron chi connectivity index (χ2n) is 6.54. The number of nitrogens with two attached hydrogens (primary N) is 1. The average molecular weight is 296 g/mol. The van der Waals surface area contributed by atoms with E-state index in [-0.39, 0.29) is 0 Å². The van der Waals surface area contributed by atoms with Crippen LogP contribution in [0, 0.1) is 0 Å². The van der Waals surface area contributed by atoms with Gasteiger partial charge in [0.15, 0.2) is 0 Å². The predicted molar refractivity (Wildman–Crippen MR) is 97.7 cm³/mol. The van der Waals surface area contributed by atoms with Crippen LogP contribution in [0.1, 0.15) is 110 Å². The number of unbranched alkanes of at least 4 members (excludes halogenated alkanes) is 11. The summed E-state index contributed by atoms with van der Waals surface area (Å²) in [5.41, 5.74) is 5.92. The standard InChI is InChI=1S/C20H41N/c1-3-5-6-7-8-9-10-11-12-13-14-15-16-17-18-19-20(21)4-2/h11-12,20H,3-10,13-19,21H2,1-2H3/b12-11-. The van der Waals surface area contributed by atoms with E-state index < -0.39 is 0 Å². The van der Waals surface area contributed by atoms with E-state index in [4.69, 9.17) is 5.73 Å². The van der Waals surface area contributed by atoms with Gasteiger partial charge in [0.1, 0.15) is 0 Å². The molecule has 0 aliphatic heterocycles. The number of hydrogen-bond donors (Lipinski definition) is 1. The Morgan fingerprint density at radius 2 is 1.14 bits per heavy atom. The monoisotopic (exact) mass is 295 g/mol. The first-order valence-electron chi connectivity index (χ1n) is 9.71. The molecule has 21 heavy (non-hydrogen) atoms. The third-order valence-corrected chi connectivity index (χ3v) is 4.36. The molecule has 126 valence electrons. The van der Waals surface area contributed by atoms with Gasteiger partial charge in [-0.15, -0.1) is 0 Å². The van der Waals surface area contributed by atoms with Gasteiger partial charge in [0.05, 0.1) is 0 Å². The van der Waals surface area contributed by atoms with Gasteiger partial charge in [-0.05, 0) is 38.5 Å². The van der Waals surface area contributed by atoms with Crippen LogP contribution < -0.4 is 5.73 Å². The van der Waals surface area contributed by atoms with E-state index in [9.17, 15) is 0 Å². The summed E-state index contributed by atoms with van der Waals surface area (Å²) in [6.07, 6.45) is 25.0. The largest absolute Gasteiger partial charge is 0.328 e. The fourth-order valence-corrected chi connectivity index (χ4v) is 2.68. The zero-order valence-electron chi connectivity index (χ0n) is 14.9. The van der Waals surface area contributed by atoms with Crippen molar-refractivity contribution in [2.24, 2.45) is 5.73 Å². The highest BCUT2D eigenvalue weighted by Crippen LogP contribution is 2.10. The molecule has 0 saturated heterocycles. The van der Waals surface area contributed by atoms with Gasteiger partial charge in [-0.2, -0.15) is 0 Å². The van der Waals surface area contributed by atoms with E-state index in [0.29, 0.717) is 6.04 Å². The molecule has 0 aromatic rings. The Kier molecular flexibility index (Phi) is 17.5. The van der Waals surface area contributed by atoms with Crippen LogP contribution in [0.4, 0.5) is 0 Å². The van der Waals surface area contributed by atoms with Crippen molar-refractivity contribution in [3.8, 4) is 0 Å². The molecular formula is C20H41N. The van der Waals surface area contributed by atoms with Gasteiger partial charge in [0.25, 0.3) is 0 Å². The van der Waals surface area contributed by atoms with Crippen molar-refractivity contribution in [1.82, 2.24) is 0 Å². The maximum atomic E-state index is 5.92. The summed E-state index contributed by atoms with van der Waals surface area (Å²) in [5.74, 6) is 0. The van der Waals surface area contributed by atoms with Crippen molar-refractivity contribution in [2.45, 2.75) is 116 Å². The smallest absolute Gasteiger partial charge is 0.00362 e. The van der Waals surface area contributed by atoms with Crippen LogP contribution >= 0.6 is 0 Å². The zero-order valence-corrected chi connectivity index (χ0v) is 14.9. The second kappa shape index (κ2) is 17.8. The minimum absolute atomic E-state index is 0.440. The summed E-state index contributed by atoms with van der Waals surface area (Å²) in [6.45, 7) is 4.46. The van der Waals surface area contributed by atoms with Crippen molar-refractivity contribution < 1.29 is 0 Å². The first-order chi connectivity index (χ1) is 10.3. The molecule has 1 heteroatoms. The molecule has 0 fully saturated rings. The predicted octanol–water partition coefficient (Wildman–Crippen LogP) is 6.76. The van der Waals surface area contributed by atoms with Gasteiger partial charge < -0.3 is 5.73 Å². The maximum Gasteiger partial charge on any atom is 0.00362 e. The Balaban J connectivity index is 3.08. The summed E-state index contributed by atoms with van der Waals surface area (Å²) in [5, 5.41) is 0. The van der Waals surface area contributed by atoms with Gasteiger partial charge in [0, 0.05) is 6.04 Å². The number of allylic oxidation sites excluding steroid dienone is 2. The molecule has 1 nitrogen and oxygen atoms in total. The normalized spacial score (nSPS) is 13.1. The molecule has 0 spiro atoms. The Hall–Kier alpha value is -0.300. The van der Waals surface area contributed by atoms with Crippen molar-refractivity contribution in [2.75, 3.05) is 0 Å². The second-order valence-corrected chi connectivity index (χ2v) is 6.54. The average Bonchev–Trinajstić information content (AvgIpc) is 2.50. The van der Waals surface area contributed by atoms with Crippen LogP contribution in [-0.4, -0.2) is 6.04 Å². The number of hydrogen-bond acceptors (Lipinski definition) is 1. The molecule has 0 rings (SSSR count). The third-order valence-electron chi connectivity index (χ3n) is 4.36. The van der Waals surface area contributed by atoms with Crippen LogP contribution in [0.15, 0.2) is 12.2 Å². The van der Waals surface area contributed by atoms with E-state index in [0.717, 1.165) is 6.42 Å². The molecule has 2 N–H and O–H groups in total. The topological polar surface area (TPSA) is 26.0 Å². The van der Waals surface area contributed by atoms with Crippen molar-refractivity contribution in [3.05, 3.63) is 12.2 Å². The van der Waals surface area contributed by atoms with E-state index in [2.05, 4.69) is 26.0 Å². The minimum atomic E-state index is 0.440. The van der Waals surface area contributed by atoms with Gasteiger partial charge in [-0.1, -0.05) is 83.8 Å². The van der Waals surface area contributed by atoms with Crippen molar-refractivity contribution in [1.29, 1.82) is 0 Å². The van der Waals surface area contributed by atoms with Crippen LogP contribution in [0.2, 0.25) is 0 Å². The summed E-state index contributed by atoms with van der Waals surface area (Å²) < 4.78 is 0. The Morgan fingerprint density at radius 1 is 0.667 bits per heavy atom. The van der Waals surface area contributed by atoms with Gasteiger partial charge in [-0.25, -0.2) is 0 Å². The van der Waals surface area contributed by atoms with Crippen molar-refractivity contribution >= 4 is 0 Å². The summed E-state index contributed by atoms with van der Waals surface area (Å²) in [6, 6.07) is 0.440. The molecule has 0 saturated carbocycles. The highest BCUT2D eigenvalue weighted by atomic mass is 14.6. The third kappa shape index (κ3) is 17.6. The first-order valence-corrected chi connectivity index (χ1v) is 9.71. The fraction of sp³-hybridized carbons (Fsp3) is 0.900. The Bertz CT molecular complexity index is 210. The van der Waals surface area contributed by atoms with Gasteiger partial charge >= 0.3 is 0 Å². The molecule has 1 atom stereocenters. The molecule has 0 heterocycles. The quantitative estimate of drug-likeness (QED) is 0.247. The lowest BCUT2D eigenvalue weighted by Gasteiger charge is -2.07. The SMILES string of the molecule is CCCCCCCC/C=C\CCCCCCCC(N)CC. The highest BCUT2D eigenvalue weighted by Gasteiger charge is 1.97. The van der Waals surface area contributed by atoms with Gasteiger partial charge in [0.2, 0.25) is 0 Å². The lowest BCUT2D eigenvalue weighted by Crippen LogP contribution is -2.17. The first kappa shape index (κ1) is 20.7. The molecule has 0 aliphatic carbocycles. The molecule has 0 radical (unpaired) electrons. The molecule has 0 aromatic carbocycles. The molecule has 0 amide bonds. The van der Waals surface area contributed by atoms with Crippen LogP contribution in [0.25, 0.3) is 0 Å². The molecule has 0 aliphatic rings. The molecule has 0 aromatic heterocycles. The van der Waals surface area contributed by atoms with E-state index in [1.165, 1.54) is 89.9 Å². The van der Waals surface area contributed by atoms with Crippen LogP contribution in [0.5, 0.6) is 0 Å². The molecular weight excluding hydrogens is 254 g/mol. The lowest BCUT2D eigenvalue weighted by atomic mass is 10.0.